The molecular weight excluding hydrogens is 489 g/mol. The second-order valence-corrected chi connectivity index (χ2v) is 17.2. The lowest BCUT2D eigenvalue weighted by Crippen LogP contribution is -2.56. The van der Waals surface area contributed by atoms with Gasteiger partial charge in [-0.3, -0.25) is 0 Å². The molecule has 0 N–H and O–H groups in total. The van der Waals surface area contributed by atoms with Crippen LogP contribution in [0.3, 0.4) is 0 Å². The maximum absolute atomic E-state index is 2.70. The predicted molar refractivity (Wildman–Crippen MR) is 163 cm³/mol. The third-order valence-corrected chi connectivity index (χ3v) is 17.2. The first kappa shape index (κ1) is 22.5. The Kier molecular flexibility index (Phi) is 4.92. The maximum atomic E-state index is 2.70. The van der Waals surface area contributed by atoms with Crippen LogP contribution >= 0.6 is 22.7 Å². The molecule has 3 heteroatoms. The van der Waals surface area contributed by atoms with E-state index in [2.05, 4.69) is 113 Å². The summed E-state index contributed by atoms with van der Waals surface area (Å²) in [5.74, 6) is 0. The van der Waals surface area contributed by atoms with E-state index in [1.807, 2.05) is 22.7 Å². The average molecular weight is 519 g/mol. The maximum Gasteiger partial charge on any atom is 0.107 e. The molecule has 178 valence electrons. The molecule has 0 aliphatic heterocycles. The fourth-order valence-electron chi connectivity index (χ4n) is 7.28. The SMILES string of the molecule is CC1=C(C)C([Si](C)(c2ccccc2)C2C(C)=C(C)c3sc4ccccc4c32)c2c1sc1ccccc21. The quantitative estimate of drug-likeness (QED) is 0.209. The van der Waals surface area contributed by atoms with Gasteiger partial charge in [0.05, 0.1) is 0 Å². The fraction of sp³-hybridized carbons (Fsp3) is 0.212. The molecule has 2 aromatic heterocycles. The first-order valence-corrected chi connectivity index (χ1v) is 17.2. The first-order chi connectivity index (χ1) is 17.4. The van der Waals surface area contributed by atoms with Crippen molar-refractivity contribution in [2.45, 2.75) is 45.3 Å². The van der Waals surface area contributed by atoms with Crippen molar-refractivity contribution in [3.63, 3.8) is 0 Å². The second-order valence-electron chi connectivity index (χ2n) is 10.8. The van der Waals surface area contributed by atoms with E-state index in [4.69, 9.17) is 0 Å². The minimum Gasteiger partial charge on any atom is -0.135 e. The van der Waals surface area contributed by atoms with Crippen molar-refractivity contribution in [2.75, 3.05) is 0 Å². The summed E-state index contributed by atoms with van der Waals surface area (Å²) >= 11 is 4.00. The zero-order chi connectivity index (χ0) is 24.8. The predicted octanol–water partition coefficient (Wildman–Crippen LogP) is 9.66. The van der Waals surface area contributed by atoms with Crippen LogP contribution in [0, 0.1) is 0 Å². The van der Waals surface area contributed by atoms with Crippen molar-refractivity contribution in [2.24, 2.45) is 0 Å². The molecule has 0 radical (unpaired) electrons. The summed E-state index contributed by atoms with van der Waals surface area (Å²) < 4.78 is 2.86. The van der Waals surface area contributed by atoms with Crippen LogP contribution in [0.4, 0.5) is 0 Å². The van der Waals surface area contributed by atoms with Crippen LogP contribution in [0.2, 0.25) is 6.55 Å². The third-order valence-electron chi connectivity index (χ3n) is 9.17. The standard InChI is InChI=1S/C33H30S2Si/c1-19-21(3)32(28-24-15-9-11-17-26(24)34-30(19)28)36(5,23-13-7-6-8-14-23)33-22(4)20(2)31-29(33)25-16-10-12-18-27(25)35-31/h6-18,32-33H,1-5H3. The van der Waals surface area contributed by atoms with Crippen molar-refractivity contribution >= 4 is 67.3 Å². The normalized spacial score (nSPS) is 20.9. The molecule has 0 saturated carbocycles. The number of benzene rings is 3. The highest BCUT2D eigenvalue weighted by Gasteiger charge is 2.54. The van der Waals surface area contributed by atoms with Crippen molar-refractivity contribution in [3.8, 4) is 0 Å². The second kappa shape index (κ2) is 7.89. The van der Waals surface area contributed by atoms with E-state index in [1.54, 1.807) is 27.5 Å². The Bertz CT molecular complexity index is 1640. The van der Waals surface area contributed by atoms with Crippen LogP contribution < -0.4 is 5.19 Å². The monoisotopic (exact) mass is 518 g/mol. The molecule has 7 rings (SSSR count). The van der Waals surface area contributed by atoms with E-state index in [-0.39, 0.29) is 0 Å². The van der Waals surface area contributed by atoms with Crippen LogP contribution in [0.5, 0.6) is 0 Å². The molecule has 0 amide bonds. The molecule has 2 heterocycles. The summed E-state index contributed by atoms with van der Waals surface area (Å²) in [6.45, 7) is 12.3. The molecule has 0 saturated heterocycles. The largest absolute Gasteiger partial charge is 0.135 e. The van der Waals surface area contributed by atoms with Crippen molar-refractivity contribution in [1.29, 1.82) is 0 Å². The van der Waals surface area contributed by atoms with Crippen molar-refractivity contribution in [1.82, 2.24) is 0 Å². The van der Waals surface area contributed by atoms with Gasteiger partial charge in [-0.05, 0) is 72.9 Å². The van der Waals surface area contributed by atoms with Gasteiger partial charge in [-0.25, -0.2) is 0 Å². The zero-order valence-electron chi connectivity index (χ0n) is 21.5. The Balaban J connectivity index is 1.58. The number of hydrogen-bond donors (Lipinski definition) is 0. The molecule has 0 fully saturated rings. The van der Waals surface area contributed by atoms with Gasteiger partial charge in [-0.2, -0.15) is 0 Å². The van der Waals surface area contributed by atoms with Gasteiger partial charge in [-0.1, -0.05) is 89.6 Å². The summed E-state index contributed by atoms with van der Waals surface area (Å²) in [7, 11) is -2.24. The summed E-state index contributed by atoms with van der Waals surface area (Å²) in [6, 6.07) is 29.8. The molecule has 2 unspecified atom stereocenters. The Morgan fingerprint density at radius 3 is 1.44 bits per heavy atom. The molecule has 36 heavy (non-hydrogen) atoms. The molecule has 0 nitrogen and oxygen atoms in total. The third kappa shape index (κ3) is 2.80. The van der Waals surface area contributed by atoms with Crippen LogP contribution in [-0.4, -0.2) is 8.07 Å². The summed E-state index contributed by atoms with van der Waals surface area (Å²) in [6.07, 6.45) is 0. The number of thiophene rings is 2. The van der Waals surface area contributed by atoms with Crippen molar-refractivity contribution in [3.05, 3.63) is 111 Å². The molecule has 2 aliphatic carbocycles. The van der Waals surface area contributed by atoms with Crippen LogP contribution in [0.1, 0.15) is 59.7 Å². The molecule has 0 spiro atoms. The Morgan fingerprint density at radius 1 is 0.556 bits per heavy atom. The highest BCUT2D eigenvalue weighted by molar-refractivity contribution is 7.21. The van der Waals surface area contributed by atoms with Crippen LogP contribution in [0.25, 0.3) is 31.3 Å². The highest BCUT2D eigenvalue weighted by Crippen LogP contribution is 2.60. The van der Waals surface area contributed by atoms with Gasteiger partial charge in [-0.15, -0.1) is 22.7 Å². The van der Waals surface area contributed by atoms with Gasteiger partial charge in [0.2, 0.25) is 0 Å². The number of hydrogen-bond acceptors (Lipinski definition) is 2. The molecule has 0 bridgehead atoms. The number of fused-ring (bicyclic) bond motifs is 6. The van der Waals surface area contributed by atoms with Gasteiger partial charge in [0.25, 0.3) is 0 Å². The van der Waals surface area contributed by atoms with Crippen molar-refractivity contribution < 1.29 is 0 Å². The lowest BCUT2D eigenvalue weighted by molar-refractivity contribution is 0.992. The lowest BCUT2D eigenvalue weighted by atomic mass is 10.1. The lowest BCUT2D eigenvalue weighted by Gasteiger charge is -2.42. The van der Waals surface area contributed by atoms with E-state index in [0.717, 1.165) is 0 Å². The smallest absolute Gasteiger partial charge is 0.107 e. The van der Waals surface area contributed by atoms with Gasteiger partial charge >= 0.3 is 0 Å². The van der Waals surface area contributed by atoms with Gasteiger partial charge in [0, 0.05) is 30.2 Å². The summed E-state index contributed by atoms with van der Waals surface area (Å²) in [4.78, 5) is 3.06. The number of rotatable bonds is 3. The van der Waals surface area contributed by atoms with E-state index in [1.165, 1.54) is 41.1 Å². The molecular formula is C33H30S2Si. The van der Waals surface area contributed by atoms with E-state index >= 15 is 0 Å². The fourth-order valence-corrected chi connectivity index (χ4v) is 16.0. The molecule has 5 aromatic rings. The van der Waals surface area contributed by atoms with E-state index in [9.17, 15) is 0 Å². The Labute approximate surface area is 222 Å². The van der Waals surface area contributed by atoms with Crippen LogP contribution in [-0.2, 0) is 0 Å². The zero-order valence-corrected chi connectivity index (χ0v) is 24.1. The molecule has 2 atom stereocenters. The van der Waals surface area contributed by atoms with E-state index in [0.29, 0.717) is 11.1 Å². The summed E-state index contributed by atoms with van der Waals surface area (Å²) in [5, 5.41) is 4.52. The topological polar surface area (TPSA) is 0 Å². The van der Waals surface area contributed by atoms with Gasteiger partial charge in [0.15, 0.2) is 0 Å². The van der Waals surface area contributed by atoms with Gasteiger partial charge < -0.3 is 0 Å². The summed E-state index contributed by atoms with van der Waals surface area (Å²) in [5.41, 5.74) is 10.4. The molecule has 2 aliphatic rings. The first-order valence-electron chi connectivity index (χ1n) is 12.9. The minimum atomic E-state index is -2.24. The minimum absolute atomic E-state index is 0.461. The number of allylic oxidation sites excluding steroid dienone is 4. The van der Waals surface area contributed by atoms with Crippen LogP contribution in [0.15, 0.2) is 90.0 Å². The Hall–Kier alpha value is -2.72. The Morgan fingerprint density at radius 2 is 0.972 bits per heavy atom. The molecule has 3 aromatic carbocycles. The highest BCUT2D eigenvalue weighted by atomic mass is 32.1. The average Bonchev–Trinajstić information content (AvgIpc) is 3.60. The van der Waals surface area contributed by atoms with E-state index < -0.39 is 8.07 Å². The van der Waals surface area contributed by atoms with Gasteiger partial charge in [0.1, 0.15) is 8.07 Å².